The molecule has 0 radical (unpaired) electrons. The standard InChI is InChI=1S/C35H42N4O3/c1-23-31(27-12-6-7-13-29(27)36-23)32-28(34(32,2)3)21-30(40)39(22-26-11-10-20-42-26)35(18-8-9-19-35)33(41)37-24-14-16-25(17-15-24)38(4)5/h6-7,10-17,20,28,32,36H,8-9,18-19,21-22H2,1-5H3,(H,37,41)/t28-,32+/m0/s1. The van der Waals surface area contributed by atoms with Crippen LogP contribution in [-0.4, -0.2) is 41.3 Å². The van der Waals surface area contributed by atoms with Crippen LogP contribution in [0.3, 0.4) is 0 Å². The van der Waals surface area contributed by atoms with Gasteiger partial charge in [-0.2, -0.15) is 0 Å². The molecule has 42 heavy (non-hydrogen) atoms. The lowest BCUT2D eigenvalue weighted by Crippen LogP contribution is -2.57. The van der Waals surface area contributed by atoms with Gasteiger partial charge in [0.05, 0.1) is 12.8 Å². The quantitative estimate of drug-likeness (QED) is 0.224. The van der Waals surface area contributed by atoms with Gasteiger partial charge in [-0.05, 0) is 85.0 Å². The van der Waals surface area contributed by atoms with Gasteiger partial charge in [0.15, 0.2) is 0 Å². The van der Waals surface area contributed by atoms with Gasteiger partial charge >= 0.3 is 0 Å². The number of hydrogen-bond donors (Lipinski definition) is 2. The van der Waals surface area contributed by atoms with E-state index in [0.717, 1.165) is 29.7 Å². The number of nitrogens with one attached hydrogen (secondary N) is 2. The van der Waals surface area contributed by atoms with Crippen molar-refractivity contribution in [3.05, 3.63) is 83.9 Å². The number of H-pyrrole nitrogens is 1. The first-order chi connectivity index (χ1) is 20.1. The Kier molecular flexibility index (Phi) is 7.16. The van der Waals surface area contributed by atoms with Crippen molar-refractivity contribution >= 4 is 34.1 Å². The molecule has 4 aromatic rings. The number of amides is 2. The van der Waals surface area contributed by atoms with Crippen molar-refractivity contribution in [2.24, 2.45) is 11.3 Å². The monoisotopic (exact) mass is 566 g/mol. The largest absolute Gasteiger partial charge is 0.467 e. The number of rotatable bonds is 9. The third kappa shape index (κ3) is 4.89. The van der Waals surface area contributed by atoms with Crippen molar-refractivity contribution in [3.63, 3.8) is 0 Å². The van der Waals surface area contributed by atoms with Crippen LogP contribution in [0.15, 0.2) is 71.3 Å². The maximum Gasteiger partial charge on any atom is 0.250 e. The van der Waals surface area contributed by atoms with E-state index in [9.17, 15) is 9.59 Å². The number of anilines is 2. The number of para-hydroxylation sites is 1. The predicted molar refractivity (Wildman–Crippen MR) is 168 cm³/mol. The van der Waals surface area contributed by atoms with Crippen LogP contribution in [-0.2, 0) is 16.1 Å². The Morgan fingerprint density at radius 1 is 1.00 bits per heavy atom. The first kappa shape index (κ1) is 28.1. The Hall–Kier alpha value is -4.00. The molecule has 2 atom stereocenters. The summed E-state index contributed by atoms with van der Waals surface area (Å²) in [4.78, 5) is 36.0. The van der Waals surface area contributed by atoms with Crippen molar-refractivity contribution in [3.8, 4) is 0 Å². The van der Waals surface area contributed by atoms with Gasteiger partial charge < -0.3 is 24.5 Å². The molecule has 6 rings (SSSR count). The summed E-state index contributed by atoms with van der Waals surface area (Å²) in [6.07, 6.45) is 5.11. The third-order valence-electron chi connectivity index (χ3n) is 9.91. The van der Waals surface area contributed by atoms with Crippen molar-refractivity contribution in [1.29, 1.82) is 0 Å². The van der Waals surface area contributed by atoms with E-state index in [-0.39, 0.29) is 35.6 Å². The highest BCUT2D eigenvalue weighted by Crippen LogP contribution is 2.67. The van der Waals surface area contributed by atoms with Gasteiger partial charge in [0, 0.05) is 48.5 Å². The van der Waals surface area contributed by atoms with Crippen LogP contribution in [0.5, 0.6) is 0 Å². The summed E-state index contributed by atoms with van der Waals surface area (Å²) in [5.41, 5.74) is 4.48. The minimum absolute atomic E-state index is 0.0180. The van der Waals surface area contributed by atoms with Crippen molar-refractivity contribution in [2.45, 2.75) is 70.9 Å². The topological polar surface area (TPSA) is 81.6 Å². The summed E-state index contributed by atoms with van der Waals surface area (Å²) in [5, 5.41) is 4.40. The number of aromatic nitrogens is 1. The van der Waals surface area contributed by atoms with Gasteiger partial charge in [-0.25, -0.2) is 0 Å². The summed E-state index contributed by atoms with van der Waals surface area (Å²) in [6, 6.07) is 20.0. The number of hydrogen-bond acceptors (Lipinski definition) is 4. The van der Waals surface area contributed by atoms with E-state index < -0.39 is 5.54 Å². The molecule has 0 aliphatic heterocycles. The molecule has 0 bridgehead atoms. The number of fused-ring (bicyclic) bond motifs is 1. The molecule has 2 saturated carbocycles. The van der Waals surface area contributed by atoms with Gasteiger partial charge in [0.25, 0.3) is 0 Å². The van der Waals surface area contributed by atoms with Crippen LogP contribution >= 0.6 is 0 Å². The highest BCUT2D eigenvalue weighted by molar-refractivity contribution is 6.01. The molecular formula is C35H42N4O3. The van der Waals surface area contributed by atoms with Crippen LogP contribution in [0.4, 0.5) is 11.4 Å². The maximum absolute atomic E-state index is 14.4. The molecule has 2 aliphatic carbocycles. The van der Waals surface area contributed by atoms with E-state index in [1.807, 2.05) is 60.3 Å². The second-order valence-corrected chi connectivity index (χ2v) is 13.0. The zero-order valence-electron chi connectivity index (χ0n) is 25.4. The summed E-state index contributed by atoms with van der Waals surface area (Å²) in [6.45, 7) is 6.95. The van der Waals surface area contributed by atoms with Crippen molar-refractivity contribution in [1.82, 2.24) is 9.88 Å². The molecule has 7 nitrogen and oxygen atoms in total. The minimum Gasteiger partial charge on any atom is -0.467 e. The number of aryl methyl sites for hydroxylation is 1. The molecule has 0 spiro atoms. The number of nitrogens with zero attached hydrogens (tertiary/aromatic N) is 2. The van der Waals surface area contributed by atoms with Gasteiger partial charge in [-0.3, -0.25) is 9.59 Å². The highest BCUT2D eigenvalue weighted by atomic mass is 16.3. The lowest BCUT2D eigenvalue weighted by atomic mass is 9.92. The van der Waals surface area contributed by atoms with Crippen molar-refractivity contribution < 1.29 is 14.0 Å². The predicted octanol–water partition coefficient (Wildman–Crippen LogP) is 7.25. The molecule has 0 saturated heterocycles. The Balaban J connectivity index is 1.29. The highest BCUT2D eigenvalue weighted by Gasteiger charge is 2.60. The average molecular weight is 567 g/mol. The lowest BCUT2D eigenvalue weighted by molar-refractivity contribution is -0.147. The molecule has 2 heterocycles. The molecule has 220 valence electrons. The zero-order valence-corrected chi connectivity index (χ0v) is 25.4. The molecule has 2 amide bonds. The van der Waals surface area contributed by atoms with Gasteiger partial charge in [0.2, 0.25) is 11.8 Å². The number of carbonyl (C=O) groups excluding carboxylic acids is 2. The lowest BCUT2D eigenvalue weighted by Gasteiger charge is -2.40. The fourth-order valence-electron chi connectivity index (χ4n) is 7.40. The summed E-state index contributed by atoms with van der Waals surface area (Å²) >= 11 is 0. The summed E-state index contributed by atoms with van der Waals surface area (Å²) in [5.74, 6) is 1.05. The van der Waals surface area contributed by atoms with Gasteiger partial charge in [0.1, 0.15) is 11.3 Å². The van der Waals surface area contributed by atoms with Crippen LogP contribution < -0.4 is 10.2 Å². The van der Waals surface area contributed by atoms with Gasteiger partial charge in [-0.15, -0.1) is 0 Å². The second-order valence-electron chi connectivity index (χ2n) is 13.0. The summed E-state index contributed by atoms with van der Waals surface area (Å²) < 4.78 is 5.72. The number of benzene rings is 2. The summed E-state index contributed by atoms with van der Waals surface area (Å²) in [7, 11) is 3.98. The third-order valence-corrected chi connectivity index (χ3v) is 9.91. The molecule has 2 aromatic heterocycles. The number of aromatic amines is 1. The van der Waals surface area contributed by atoms with Gasteiger partial charge in [-0.1, -0.05) is 44.9 Å². The van der Waals surface area contributed by atoms with Crippen molar-refractivity contribution in [2.75, 3.05) is 24.3 Å². The zero-order chi connectivity index (χ0) is 29.6. The van der Waals surface area contributed by atoms with E-state index in [2.05, 4.69) is 55.3 Å². The smallest absolute Gasteiger partial charge is 0.250 e. The Bertz CT molecular complexity index is 1580. The minimum atomic E-state index is -0.921. The van der Waals surface area contributed by atoms with E-state index in [0.29, 0.717) is 25.0 Å². The van der Waals surface area contributed by atoms with E-state index in [1.165, 1.54) is 16.6 Å². The molecule has 2 N–H and O–H groups in total. The fraction of sp³-hybridized carbons (Fsp3) is 0.429. The Labute approximate surface area is 248 Å². The van der Waals surface area contributed by atoms with Crippen LogP contribution in [0.1, 0.15) is 68.9 Å². The molecular weight excluding hydrogens is 524 g/mol. The van der Waals surface area contributed by atoms with E-state index >= 15 is 0 Å². The normalized spacial score (nSPS) is 20.4. The van der Waals surface area contributed by atoms with E-state index in [4.69, 9.17) is 4.42 Å². The molecule has 2 fully saturated rings. The molecule has 2 aliphatic rings. The van der Waals surface area contributed by atoms with Crippen LogP contribution in [0.2, 0.25) is 0 Å². The number of furan rings is 1. The second kappa shape index (κ2) is 10.7. The number of carbonyl (C=O) groups is 2. The SMILES string of the molecule is Cc1[nH]c2ccccc2c1[C@H]1[C@H](CC(=O)N(Cc2ccco2)C2(C(=O)Nc3ccc(N(C)C)cc3)CCCC2)C1(C)C. The average Bonchev–Trinajstić information content (AvgIpc) is 3.54. The first-order valence-electron chi connectivity index (χ1n) is 15.1. The first-order valence-corrected chi connectivity index (χ1v) is 15.1. The van der Waals surface area contributed by atoms with Crippen LogP contribution in [0, 0.1) is 18.3 Å². The Morgan fingerprint density at radius 2 is 1.71 bits per heavy atom. The Morgan fingerprint density at radius 3 is 2.38 bits per heavy atom. The van der Waals surface area contributed by atoms with Crippen LogP contribution in [0.25, 0.3) is 10.9 Å². The maximum atomic E-state index is 14.4. The molecule has 0 unspecified atom stereocenters. The molecule has 7 heteroatoms. The molecule has 2 aromatic carbocycles. The van der Waals surface area contributed by atoms with E-state index in [1.54, 1.807) is 6.26 Å². The fourth-order valence-corrected chi connectivity index (χ4v) is 7.40.